The number of pyridine rings is 1. The molecule has 0 spiro atoms. The van der Waals surface area contributed by atoms with Crippen LogP contribution < -0.4 is 10.1 Å². The van der Waals surface area contributed by atoms with Gasteiger partial charge in [-0.3, -0.25) is 0 Å². The van der Waals surface area contributed by atoms with Crippen LogP contribution in [0.25, 0.3) is 0 Å². The van der Waals surface area contributed by atoms with E-state index in [2.05, 4.69) is 34.6 Å². The third-order valence-corrected chi connectivity index (χ3v) is 4.92. The number of anilines is 1. The van der Waals surface area contributed by atoms with Crippen LogP contribution in [0.5, 0.6) is 11.6 Å². The van der Waals surface area contributed by atoms with Crippen LogP contribution in [0.4, 0.5) is 10.5 Å². The topological polar surface area (TPSA) is 54.5 Å². The highest BCUT2D eigenvalue weighted by Gasteiger charge is 2.18. The third kappa shape index (κ3) is 4.31. The summed E-state index contributed by atoms with van der Waals surface area (Å²) in [6.45, 7) is 3.43. The van der Waals surface area contributed by atoms with Crippen LogP contribution in [0, 0.1) is 6.92 Å². The number of carbonyl (C=O) groups excluding carboxylic acids is 1. The number of benzene rings is 2. The van der Waals surface area contributed by atoms with Crippen molar-refractivity contribution in [3.05, 3.63) is 83.6 Å². The Morgan fingerprint density at radius 3 is 2.25 bits per heavy atom. The molecule has 2 heterocycles. The smallest absolute Gasteiger partial charge is 0.321 e. The molecule has 1 aromatic heterocycles. The second-order valence-corrected chi connectivity index (χ2v) is 6.99. The molecule has 0 bridgehead atoms. The minimum absolute atomic E-state index is 0.0679. The molecule has 0 saturated heterocycles. The van der Waals surface area contributed by atoms with Crippen molar-refractivity contribution in [1.29, 1.82) is 0 Å². The largest absolute Gasteiger partial charge is 0.439 e. The molecule has 0 unspecified atom stereocenters. The molecule has 2 aromatic carbocycles. The Morgan fingerprint density at radius 1 is 0.964 bits per heavy atom. The van der Waals surface area contributed by atoms with Gasteiger partial charge in [0.1, 0.15) is 5.75 Å². The van der Waals surface area contributed by atoms with Crippen molar-refractivity contribution >= 4 is 11.7 Å². The molecule has 5 nitrogen and oxygen atoms in total. The van der Waals surface area contributed by atoms with Crippen molar-refractivity contribution < 1.29 is 9.53 Å². The fraction of sp³-hybridized carbons (Fsp3) is 0.217. The van der Waals surface area contributed by atoms with Gasteiger partial charge in [-0.2, -0.15) is 0 Å². The maximum atomic E-state index is 12.7. The summed E-state index contributed by atoms with van der Waals surface area (Å²) in [5, 5.41) is 2.98. The van der Waals surface area contributed by atoms with Gasteiger partial charge in [0.2, 0.25) is 5.88 Å². The summed E-state index contributed by atoms with van der Waals surface area (Å²) in [5.41, 5.74) is 4.51. The number of carbonyl (C=O) groups is 1. The van der Waals surface area contributed by atoms with Crippen LogP contribution in [0.3, 0.4) is 0 Å². The number of aromatic nitrogens is 1. The van der Waals surface area contributed by atoms with Gasteiger partial charge in [0, 0.05) is 31.0 Å². The minimum Gasteiger partial charge on any atom is -0.439 e. The average Bonchev–Trinajstić information content (AvgIpc) is 2.94. The lowest BCUT2D eigenvalue weighted by Gasteiger charge is -2.21. The summed E-state index contributed by atoms with van der Waals surface area (Å²) < 4.78 is 5.73. The quantitative estimate of drug-likeness (QED) is 0.716. The van der Waals surface area contributed by atoms with Crippen molar-refractivity contribution in [2.75, 3.05) is 18.4 Å². The number of nitrogens with zero attached hydrogens (tertiary/aromatic N) is 2. The molecule has 0 radical (unpaired) electrons. The molecular formula is C23H23N3O2. The highest BCUT2D eigenvalue weighted by atomic mass is 16.5. The maximum absolute atomic E-state index is 12.7. The fourth-order valence-electron chi connectivity index (χ4n) is 3.32. The second-order valence-electron chi connectivity index (χ2n) is 6.99. The summed E-state index contributed by atoms with van der Waals surface area (Å²) in [7, 11) is 0. The Kier molecular flexibility index (Phi) is 5.24. The Balaban J connectivity index is 1.35. The van der Waals surface area contributed by atoms with Gasteiger partial charge < -0.3 is 15.0 Å². The molecule has 0 aliphatic carbocycles. The van der Waals surface area contributed by atoms with Crippen LogP contribution in [0.2, 0.25) is 0 Å². The molecule has 0 fully saturated rings. The van der Waals surface area contributed by atoms with E-state index in [1.807, 2.05) is 48.2 Å². The normalized spacial score (nSPS) is 13.4. The standard InChI is InChI=1S/C23H23N3O2/c1-17-6-11-22(24-16-17)28-21-9-7-20(8-10-21)25-23(27)26-14-12-18-4-2-3-5-19(18)13-15-26/h2-11,16H,12-15H2,1H3,(H,25,27). The van der Waals surface area contributed by atoms with Gasteiger partial charge in [-0.1, -0.05) is 30.3 Å². The summed E-state index contributed by atoms with van der Waals surface area (Å²) in [5.74, 6) is 1.23. The fourth-order valence-corrected chi connectivity index (χ4v) is 3.32. The van der Waals surface area contributed by atoms with Crippen molar-refractivity contribution in [3.63, 3.8) is 0 Å². The molecule has 1 aliphatic rings. The van der Waals surface area contributed by atoms with E-state index in [4.69, 9.17) is 4.74 Å². The van der Waals surface area contributed by atoms with Crippen molar-refractivity contribution in [1.82, 2.24) is 9.88 Å². The Labute approximate surface area is 165 Å². The number of aryl methyl sites for hydroxylation is 1. The lowest BCUT2D eigenvalue weighted by molar-refractivity contribution is 0.214. The zero-order valence-electron chi connectivity index (χ0n) is 15.9. The van der Waals surface area contributed by atoms with E-state index < -0.39 is 0 Å². The number of fused-ring (bicyclic) bond motifs is 1. The van der Waals surface area contributed by atoms with Crippen LogP contribution >= 0.6 is 0 Å². The first-order valence-electron chi connectivity index (χ1n) is 9.51. The van der Waals surface area contributed by atoms with E-state index in [0.29, 0.717) is 11.6 Å². The third-order valence-electron chi connectivity index (χ3n) is 4.92. The van der Waals surface area contributed by atoms with E-state index in [9.17, 15) is 4.79 Å². The van der Waals surface area contributed by atoms with Crippen LogP contribution in [-0.4, -0.2) is 29.0 Å². The number of hydrogen-bond donors (Lipinski definition) is 1. The molecule has 2 amide bonds. The number of hydrogen-bond acceptors (Lipinski definition) is 3. The highest BCUT2D eigenvalue weighted by molar-refractivity contribution is 5.89. The first kappa shape index (κ1) is 18.0. The van der Waals surface area contributed by atoms with Gasteiger partial charge in [-0.15, -0.1) is 0 Å². The first-order valence-corrected chi connectivity index (χ1v) is 9.51. The predicted octanol–water partition coefficient (Wildman–Crippen LogP) is 4.82. The molecule has 1 aliphatic heterocycles. The Hall–Kier alpha value is -3.34. The molecule has 0 atom stereocenters. The maximum Gasteiger partial charge on any atom is 0.321 e. The van der Waals surface area contributed by atoms with E-state index in [1.54, 1.807) is 6.20 Å². The summed E-state index contributed by atoms with van der Waals surface area (Å²) in [6, 6.07) is 19.5. The molecular weight excluding hydrogens is 350 g/mol. The summed E-state index contributed by atoms with van der Waals surface area (Å²) >= 11 is 0. The predicted molar refractivity (Wildman–Crippen MR) is 110 cm³/mol. The summed E-state index contributed by atoms with van der Waals surface area (Å²) in [6.07, 6.45) is 3.54. The first-order chi connectivity index (χ1) is 13.7. The van der Waals surface area contributed by atoms with Crippen LogP contribution in [0.1, 0.15) is 16.7 Å². The molecule has 0 saturated carbocycles. The molecule has 3 aromatic rings. The Morgan fingerprint density at radius 2 is 1.64 bits per heavy atom. The lowest BCUT2D eigenvalue weighted by atomic mass is 10.0. The van der Waals surface area contributed by atoms with Gasteiger partial charge in [0.25, 0.3) is 0 Å². The van der Waals surface area contributed by atoms with Crippen molar-refractivity contribution in [2.45, 2.75) is 19.8 Å². The number of rotatable bonds is 3. The highest BCUT2D eigenvalue weighted by Crippen LogP contribution is 2.22. The van der Waals surface area contributed by atoms with Crippen LogP contribution in [-0.2, 0) is 12.8 Å². The van der Waals surface area contributed by atoms with E-state index in [1.165, 1.54) is 11.1 Å². The van der Waals surface area contributed by atoms with Gasteiger partial charge in [0.05, 0.1) is 0 Å². The Bertz CT molecular complexity index is 925. The molecule has 4 rings (SSSR count). The van der Waals surface area contributed by atoms with E-state index in [-0.39, 0.29) is 6.03 Å². The van der Waals surface area contributed by atoms with Gasteiger partial charge in [0.15, 0.2) is 0 Å². The van der Waals surface area contributed by atoms with E-state index >= 15 is 0 Å². The molecule has 142 valence electrons. The average molecular weight is 373 g/mol. The van der Waals surface area contributed by atoms with Gasteiger partial charge >= 0.3 is 6.03 Å². The van der Waals surface area contributed by atoms with Crippen molar-refractivity contribution in [3.8, 4) is 11.6 Å². The number of nitrogens with one attached hydrogen (secondary N) is 1. The SMILES string of the molecule is Cc1ccc(Oc2ccc(NC(=O)N3CCc4ccccc4CC3)cc2)nc1. The van der Waals surface area contributed by atoms with Crippen LogP contribution in [0.15, 0.2) is 66.9 Å². The van der Waals surface area contributed by atoms with Crippen molar-refractivity contribution in [2.24, 2.45) is 0 Å². The number of amides is 2. The monoisotopic (exact) mass is 373 g/mol. The van der Waals surface area contributed by atoms with Gasteiger partial charge in [-0.25, -0.2) is 9.78 Å². The van der Waals surface area contributed by atoms with Gasteiger partial charge in [-0.05, 0) is 60.7 Å². The number of urea groups is 1. The zero-order valence-corrected chi connectivity index (χ0v) is 15.9. The second kappa shape index (κ2) is 8.13. The summed E-state index contributed by atoms with van der Waals surface area (Å²) in [4.78, 5) is 18.8. The van der Waals surface area contributed by atoms with E-state index in [0.717, 1.165) is 37.2 Å². The molecule has 5 heteroatoms. The molecule has 28 heavy (non-hydrogen) atoms. The lowest BCUT2D eigenvalue weighted by Crippen LogP contribution is -2.36. The zero-order chi connectivity index (χ0) is 19.3. The molecule has 1 N–H and O–H groups in total. The minimum atomic E-state index is -0.0679. The number of ether oxygens (including phenoxy) is 1.